The second kappa shape index (κ2) is 14.4. The van der Waals surface area contributed by atoms with E-state index in [-0.39, 0.29) is 11.5 Å². The van der Waals surface area contributed by atoms with E-state index < -0.39 is 17.7 Å². The van der Waals surface area contributed by atoms with Gasteiger partial charge in [0.1, 0.15) is 18.2 Å². The van der Waals surface area contributed by atoms with E-state index in [1.807, 2.05) is 91.3 Å². The van der Waals surface area contributed by atoms with Gasteiger partial charge in [0.2, 0.25) is 0 Å². The van der Waals surface area contributed by atoms with Gasteiger partial charge in [-0.05, 0) is 96.2 Å². The van der Waals surface area contributed by atoms with Crippen LogP contribution in [0.5, 0.6) is 5.75 Å². The highest BCUT2D eigenvalue weighted by molar-refractivity contribution is 6.30. The molecular weight excluding hydrogens is 588 g/mol. The Kier molecular flexibility index (Phi) is 11.0. The quantitative estimate of drug-likeness (QED) is 0.196. The van der Waals surface area contributed by atoms with Crippen LogP contribution < -0.4 is 14.5 Å². The lowest BCUT2D eigenvalue weighted by molar-refractivity contribution is -0.171. The molecule has 1 aliphatic rings. The Labute approximate surface area is 274 Å². The molecule has 1 aromatic carbocycles. The normalized spacial score (nSPS) is 15.6. The van der Waals surface area contributed by atoms with E-state index in [4.69, 9.17) is 35.8 Å². The van der Waals surface area contributed by atoms with Crippen LogP contribution in [0.4, 0.5) is 11.5 Å². The van der Waals surface area contributed by atoms with E-state index >= 15 is 0 Å². The van der Waals surface area contributed by atoms with Crippen molar-refractivity contribution in [1.29, 1.82) is 0 Å². The molecule has 0 spiro atoms. The van der Waals surface area contributed by atoms with Gasteiger partial charge in [0.15, 0.2) is 6.10 Å². The zero-order valence-corrected chi connectivity index (χ0v) is 29.1. The van der Waals surface area contributed by atoms with Crippen molar-refractivity contribution >= 4 is 29.1 Å². The average molecular weight is 637 g/mol. The number of pyridine rings is 2. The Hall–Kier alpha value is -3.36. The van der Waals surface area contributed by atoms with Gasteiger partial charge in [-0.2, -0.15) is 0 Å². The largest absolute Gasteiger partial charge is 0.492 e. The first-order valence-corrected chi connectivity index (χ1v) is 16.2. The summed E-state index contributed by atoms with van der Waals surface area (Å²) in [4.78, 5) is 27.7. The summed E-state index contributed by atoms with van der Waals surface area (Å²) >= 11 is 5.98. The molecule has 244 valence electrons. The molecule has 3 aromatic rings. The fraction of sp³-hybridized carbons (Fsp3) is 0.528. The second-order valence-corrected chi connectivity index (χ2v) is 14.3. The molecule has 1 aliphatic heterocycles. The molecule has 0 unspecified atom stereocenters. The number of piperidine rings is 1. The van der Waals surface area contributed by atoms with Gasteiger partial charge in [-0.1, -0.05) is 25.4 Å². The van der Waals surface area contributed by atoms with E-state index in [0.717, 1.165) is 65.6 Å². The van der Waals surface area contributed by atoms with Crippen molar-refractivity contribution in [1.82, 2.24) is 9.97 Å². The van der Waals surface area contributed by atoms with E-state index in [0.29, 0.717) is 18.2 Å². The minimum atomic E-state index is -0.927. The second-order valence-electron chi connectivity index (χ2n) is 13.9. The van der Waals surface area contributed by atoms with Crippen LogP contribution in [0.25, 0.3) is 11.1 Å². The topological polar surface area (TPSA) is 77.0 Å². The van der Waals surface area contributed by atoms with Crippen molar-refractivity contribution in [3.8, 4) is 16.9 Å². The molecule has 0 amide bonds. The smallest absolute Gasteiger partial charge is 0.340 e. The molecular formula is C36H49ClN4O4. The van der Waals surface area contributed by atoms with Crippen molar-refractivity contribution in [2.24, 2.45) is 5.41 Å². The number of benzene rings is 1. The fourth-order valence-electron chi connectivity index (χ4n) is 5.40. The highest BCUT2D eigenvalue weighted by atomic mass is 35.5. The number of likely N-dealkylation sites (N-methyl/N-ethyl adjacent to an activating group) is 1. The lowest BCUT2D eigenvalue weighted by atomic mass is 9.82. The number of rotatable bonds is 11. The van der Waals surface area contributed by atoms with Gasteiger partial charge in [-0.15, -0.1) is 0 Å². The molecule has 0 N–H and O–H groups in total. The number of carbonyl (C=O) groups excluding carboxylic acids is 1. The summed E-state index contributed by atoms with van der Waals surface area (Å²) < 4.78 is 18.1. The standard InChI is InChI=1S/C36H49ClN4O4/c1-24(2)44-34(42)33(45-35(4,5)6)31-25(3)38-23-29(32(31)41-18-16-36(7,8)17-19-41)26-10-15-30(39-22-26)40(9)20-21-43-28-13-11-27(37)12-14-28/h10-15,22-24,33H,16-21H2,1-9H3/t33-/m0/s1. The van der Waals surface area contributed by atoms with Crippen LogP contribution in [0.3, 0.4) is 0 Å². The van der Waals surface area contributed by atoms with Crippen LogP contribution in [0.1, 0.15) is 78.7 Å². The number of hydrogen-bond donors (Lipinski definition) is 0. The lowest BCUT2D eigenvalue weighted by Gasteiger charge is -2.41. The molecule has 0 bridgehead atoms. The van der Waals surface area contributed by atoms with Gasteiger partial charge in [-0.25, -0.2) is 9.78 Å². The maximum absolute atomic E-state index is 13.7. The third-order valence-corrected chi connectivity index (χ3v) is 8.23. The Morgan fingerprint density at radius 2 is 1.71 bits per heavy atom. The van der Waals surface area contributed by atoms with Crippen LogP contribution >= 0.6 is 11.6 Å². The van der Waals surface area contributed by atoms with Gasteiger partial charge in [-0.3, -0.25) is 4.98 Å². The van der Waals surface area contributed by atoms with Crippen LogP contribution in [0, 0.1) is 12.3 Å². The summed E-state index contributed by atoms with van der Waals surface area (Å²) in [5.74, 6) is 1.20. The molecule has 1 fully saturated rings. The number of aromatic nitrogens is 2. The molecule has 3 heterocycles. The Morgan fingerprint density at radius 1 is 1.04 bits per heavy atom. The minimum Gasteiger partial charge on any atom is -0.492 e. The summed E-state index contributed by atoms with van der Waals surface area (Å²) in [6, 6.07) is 11.4. The highest BCUT2D eigenvalue weighted by Crippen LogP contribution is 2.43. The number of esters is 1. The molecule has 1 saturated heterocycles. The maximum atomic E-state index is 13.7. The van der Waals surface area contributed by atoms with E-state index in [1.165, 1.54) is 0 Å². The van der Waals surface area contributed by atoms with Crippen molar-refractivity contribution in [2.45, 2.75) is 86.0 Å². The summed E-state index contributed by atoms with van der Waals surface area (Å²) in [6.45, 7) is 19.0. The number of hydrogen-bond acceptors (Lipinski definition) is 8. The van der Waals surface area contributed by atoms with Crippen LogP contribution in [0.2, 0.25) is 5.02 Å². The number of carbonyl (C=O) groups is 1. The maximum Gasteiger partial charge on any atom is 0.340 e. The minimum absolute atomic E-state index is 0.252. The molecule has 45 heavy (non-hydrogen) atoms. The monoisotopic (exact) mass is 636 g/mol. The molecule has 1 atom stereocenters. The first-order chi connectivity index (χ1) is 21.1. The Balaban J connectivity index is 1.69. The summed E-state index contributed by atoms with van der Waals surface area (Å²) in [7, 11) is 1.99. The third-order valence-electron chi connectivity index (χ3n) is 7.98. The number of ether oxygens (including phenoxy) is 3. The number of halogens is 1. The van der Waals surface area contributed by atoms with Gasteiger partial charge >= 0.3 is 5.97 Å². The van der Waals surface area contributed by atoms with Crippen molar-refractivity contribution < 1.29 is 19.0 Å². The Morgan fingerprint density at radius 3 is 2.29 bits per heavy atom. The van der Waals surface area contributed by atoms with Gasteiger partial charge < -0.3 is 24.0 Å². The number of aryl methyl sites for hydroxylation is 1. The Bertz CT molecular complexity index is 1430. The molecule has 8 nitrogen and oxygen atoms in total. The first-order valence-electron chi connectivity index (χ1n) is 15.8. The first kappa shape index (κ1) is 34.5. The molecule has 0 saturated carbocycles. The zero-order chi connectivity index (χ0) is 32.9. The van der Waals surface area contributed by atoms with Crippen molar-refractivity contribution in [3.63, 3.8) is 0 Å². The van der Waals surface area contributed by atoms with Crippen molar-refractivity contribution in [2.75, 3.05) is 43.1 Å². The molecule has 0 radical (unpaired) electrons. The summed E-state index contributed by atoms with van der Waals surface area (Å²) in [5, 5.41) is 0.680. The molecule has 2 aromatic heterocycles. The van der Waals surface area contributed by atoms with Gasteiger partial charge in [0, 0.05) is 59.9 Å². The third kappa shape index (κ3) is 9.33. The predicted molar refractivity (Wildman–Crippen MR) is 182 cm³/mol. The lowest BCUT2D eigenvalue weighted by Crippen LogP contribution is -2.39. The van der Waals surface area contributed by atoms with Crippen LogP contribution in [0.15, 0.2) is 48.8 Å². The molecule has 9 heteroatoms. The number of anilines is 2. The molecule has 0 aliphatic carbocycles. The summed E-state index contributed by atoms with van der Waals surface area (Å²) in [5.41, 5.74) is 3.98. The van der Waals surface area contributed by atoms with E-state index in [2.05, 4.69) is 29.7 Å². The van der Waals surface area contributed by atoms with E-state index in [1.54, 1.807) is 0 Å². The average Bonchev–Trinajstić information content (AvgIpc) is 2.96. The number of nitrogens with zero attached hydrogens (tertiary/aromatic N) is 4. The highest BCUT2D eigenvalue weighted by Gasteiger charge is 2.37. The van der Waals surface area contributed by atoms with Gasteiger partial charge in [0.25, 0.3) is 0 Å². The summed E-state index contributed by atoms with van der Waals surface area (Å²) in [6.07, 6.45) is 4.65. The van der Waals surface area contributed by atoms with Crippen molar-refractivity contribution in [3.05, 3.63) is 65.1 Å². The SMILES string of the molecule is Cc1ncc(-c2ccc(N(C)CCOc3ccc(Cl)cc3)nc2)c(N2CCC(C)(C)CC2)c1[C@H](OC(C)(C)C)C(=O)OC(C)C. The van der Waals surface area contributed by atoms with Crippen LogP contribution in [-0.4, -0.2) is 60.9 Å². The molecule has 4 rings (SSSR count). The predicted octanol–water partition coefficient (Wildman–Crippen LogP) is 8.05. The van der Waals surface area contributed by atoms with Gasteiger partial charge in [0.05, 0.1) is 23.9 Å². The zero-order valence-electron chi connectivity index (χ0n) is 28.3. The van der Waals surface area contributed by atoms with Crippen LogP contribution in [-0.2, 0) is 14.3 Å². The van der Waals surface area contributed by atoms with E-state index in [9.17, 15) is 4.79 Å². The fourth-order valence-corrected chi connectivity index (χ4v) is 5.53.